The second-order valence-electron chi connectivity index (χ2n) is 3.30. The largest absolute Gasteiger partial charge is 0.478 e. The molecule has 1 heterocycles. The maximum absolute atomic E-state index is 11.5. The van der Waals surface area contributed by atoms with Crippen molar-refractivity contribution in [2.75, 3.05) is 6.61 Å². The highest BCUT2D eigenvalue weighted by Gasteiger charge is 2.18. The van der Waals surface area contributed by atoms with Crippen LogP contribution in [0.25, 0.3) is 0 Å². The van der Waals surface area contributed by atoms with E-state index in [-0.39, 0.29) is 23.4 Å². The van der Waals surface area contributed by atoms with Crippen molar-refractivity contribution in [2.24, 2.45) is 0 Å². The van der Waals surface area contributed by atoms with Crippen LogP contribution in [0.4, 0.5) is 0 Å². The number of carbonyl (C=O) groups excluding carboxylic acids is 1. The molecular formula is C11H13NO5. The number of carboxylic acid groups (broad SMARTS) is 1. The van der Waals surface area contributed by atoms with Gasteiger partial charge in [0.15, 0.2) is 0 Å². The fourth-order valence-corrected chi connectivity index (χ4v) is 1.38. The fraction of sp³-hybridized carbons (Fsp3) is 0.364. The Balaban J connectivity index is 3.29. The van der Waals surface area contributed by atoms with Crippen LogP contribution >= 0.6 is 0 Å². The Hall–Kier alpha value is -1.95. The van der Waals surface area contributed by atoms with Crippen molar-refractivity contribution in [3.63, 3.8) is 0 Å². The molecule has 6 nitrogen and oxygen atoms in total. The molecular weight excluding hydrogens is 226 g/mol. The van der Waals surface area contributed by atoms with Gasteiger partial charge in [0, 0.05) is 0 Å². The van der Waals surface area contributed by atoms with Gasteiger partial charge in [-0.15, -0.1) is 0 Å². The zero-order valence-corrected chi connectivity index (χ0v) is 9.56. The number of aryl methyl sites for hydroxylation is 1. The van der Waals surface area contributed by atoms with Crippen molar-refractivity contribution >= 4 is 11.9 Å². The van der Waals surface area contributed by atoms with E-state index in [2.05, 4.69) is 4.98 Å². The van der Waals surface area contributed by atoms with Gasteiger partial charge in [-0.1, -0.05) is 0 Å². The van der Waals surface area contributed by atoms with Crippen LogP contribution in [0.5, 0.6) is 0 Å². The smallest absolute Gasteiger partial charge is 0.339 e. The number of carbonyl (C=O) groups is 2. The minimum absolute atomic E-state index is 0.0306. The molecule has 0 saturated heterocycles. The molecule has 17 heavy (non-hydrogen) atoms. The molecule has 0 aromatic carbocycles. The van der Waals surface area contributed by atoms with Crippen molar-refractivity contribution in [3.8, 4) is 0 Å². The molecule has 92 valence electrons. The van der Waals surface area contributed by atoms with Crippen molar-refractivity contribution in [2.45, 2.75) is 20.5 Å². The first-order chi connectivity index (χ1) is 8.01. The lowest BCUT2D eigenvalue weighted by molar-refractivity contribution is 0.0524. The summed E-state index contributed by atoms with van der Waals surface area (Å²) in [6.45, 7) is 2.91. The Kier molecular flexibility index (Phi) is 4.17. The molecule has 1 aromatic heterocycles. The zero-order valence-electron chi connectivity index (χ0n) is 9.56. The summed E-state index contributed by atoms with van der Waals surface area (Å²) in [6.07, 6.45) is 0. The van der Waals surface area contributed by atoms with Gasteiger partial charge >= 0.3 is 11.9 Å². The highest BCUT2D eigenvalue weighted by atomic mass is 16.5. The minimum atomic E-state index is -1.24. The third-order valence-corrected chi connectivity index (χ3v) is 2.17. The highest BCUT2D eigenvalue weighted by Crippen LogP contribution is 2.14. The summed E-state index contributed by atoms with van der Waals surface area (Å²) in [5.74, 6) is -1.86. The SMILES string of the molecule is CCOC(=O)c1cc(C(=O)O)c(CO)nc1C. The molecule has 0 atom stereocenters. The second-order valence-corrected chi connectivity index (χ2v) is 3.30. The Morgan fingerprint density at radius 2 is 2.06 bits per heavy atom. The Morgan fingerprint density at radius 3 is 2.53 bits per heavy atom. The predicted molar refractivity (Wildman–Crippen MR) is 57.8 cm³/mol. The first kappa shape index (κ1) is 13.1. The number of aliphatic hydroxyl groups excluding tert-OH is 1. The molecule has 0 aliphatic heterocycles. The van der Waals surface area contributed by atoms with Gasteiger partial charge in [-0.3, -0.25) is 4.98 Å². The van der Waals surface area contributed by atoms with Crippen LogP contribution in [0.3, 0.4) is 0 Å². The third-order valence-electron chi connectivity index (χ3n) is 2.17. The van der Waals surface area contributed by atoms with Crippen LogP contribution in [0, 0.1) is 6.92 Å². The number of esters is 1. The lowest BCUT2D eigenvalue weighted by Gasteiger charge is -2.09. The number of aromatic nitrogens is 1. The van der Waals surface area contributed by atoms with Gasteiger partial charge in [-0.25, -0.2) is 9.59 Å². The van der Waals surface area contributed by atoms with Crippen molar-refractivity contribution in [3.05, 3.63) is 28.6 Å². The first-order valence-electron chi connectivity index (χ1n) is 5.03. The summed E-state index contributed by atoms with van der Waals surface area (Å²) >= 11 is 0. The number of rotatable bonds is 4. The van der Waals surface area contributed by atoms with Crippen LogP contribution in [-0.4, -0.2) is 33.7 Å². The molecule has 2 N–H and O–H groups in total. The van der Waals surface area contributed by atoms with Gasteiger partial charge in [0.1, 0.15) is 0 Å². The van der Waals surface area contributed by atoms with Crippen LogP contribution in [0.2, 0.25) is 0 Å². The Labute approximate surface area is 97.9 Å². The Bertz CT molecular complexity index is 455. The summed E-state index contributed by atoms with van der Waals surface area (Å²) in [4.78, 5) is 26.3. The molecule has 0 aliphatic rings. The average molecular weight is 239 g/mol. The van der Waals surface area contributed by atoms with Crippen LogP contribution in [-0.2, 0) is 11.3 Å². The normalized spacial score (nSPS) is 10.1. The maximum Gasteiger partial charge on any atom is 0.339 e. The summed E-state index contributed by atoms with van der Waals surface area (Å²) in [5.41, 5.74) is 0.267. The number of nitrogens with zero attached hydrogens (tertiary/aromatic N) is 1. The van der Waals surface area contributed by atoms with Gasteiger partial charge in [-0.2, -0.15) is 0 Å². The Morgan fingerprint density at radius 1 is 1.41 bits per heavy atom. The topological polar surface area (TPSA) is 96.7 Å². The van der Waals surface area contributed by atoms with Gasteiger partial charge in [0.25, 0.3) is 0 Å². The van der Waals surface area contributed by atoms with Gasteiger partial charge in [-0.05, 0) is 19.9 Å². The van der Waals surface area contributed by atoms with E-state index in [4.69, 9.17) is 14.9 Å². The number of aromatic carboxylic acids is 1. The molecule has 1 aromatic rings. The monoisotopic (exact) mass is 239 g/mol. The summed E-state index contributed by atoms with van der Waals surface area (Å²) in [5, 5.41) is 17.9. The van der Waals surface area contributed by atoms with Crippen molar-refractivity contribution in [1.29, 1.82) is 0 Å². The van der Waals surface area contributed by atoms with E-state index < -0.39 is 18.5 Å². The van der Waals surface area contributed by atoms with E-state index in [0.29, 0.717) is 5.69 Å². The number of hydrogen-bond acceptors (Lipinski definition) is 5. The molecule has 0 spiro atoms. The summed E-state index contributed by atoms with van der Waals surface area (Å²) < 4.78 is 4.78. The van der Waals surface area contributed by atoms with E-state index in [9.17, 15) is 9.59 Å². The lowest BCUT2D eigenvalue weighted by Crippen LogP contribution is -2.13. The van der Waals surface area contributed by atoms with Crippen LogP contribution in [0.15, 0.2) is 6.07 Å². The lowest BCUT2D eigenvalue weighted by atomic mass is 10.1. The average Bonchev–Trinajstić information content (AvgIpc) is 2.28. The molecule has 6 heteroatoms. The molecule has 0 radical (unpaired) electrons. The molecule has 0 saturated carbocycles. The number of hydrogen-bond donors (Lipinski definition) is 2. The highest BCUT2D eigenvalue weighted by molar-refractivity contribution is 5.95. The second kappa shape index (κ2) is 5.40. The first-order valence-corrected chi connectivity index (χ1v) is 5.03. The van der Waals surface area contributed by atoms with Gasteiger partial charge < -0.3 is 14.9 Å². The van der Waals surface area contributed by atoms with E-state index in [1.54, 1.807) is 13.8 Å². The minimum Gasteiger partial charge on any atom is -0.478 e. The molecule has 0 fully saturated rings. The van der Waals surface area contributed by atoms with Gasteiger partial charge in [0.2, 0.25) is 0 Å². The summed E-state index contributed by atoms with van der Waals surface area (Å²) in [6, 6.07) is 1.17. The van der Waals surface area contributed by atoms with Crippen LogP contribution < -0.4 is 0 Å². The van der Waals surface area contributed by atoms with Crippen LogP contribution in [0.1, 0.15) is 39.0 Å². The van der Waals surface area contributed by atoms with E-state index in [0.717, 1.165) is 0 Å². The van der Waals surface area contributed by atoms with E-state index >= 15 is 0 Å². The van der Waals surface area contributed by atoms with E-state index in [1.165, 1.54) is 6.07 Å². The number of ether oxygens (including phenoxy) is 1. The standard InChI is InChI=1S/C11H13NO5/c1-3-17-11(16)7-4-8(10(14)15)9(5-13)12-6(7)2/h4,13H,3,5H2,1-2H3,(H,14,15). The number of carboxylic acids is 1. The molecule has 0 aliphatic carbocycles. The molecule has 1 rings (SSSR count). The number of aliphatic hydroxyl groups is 1. The molecule has 0 bridgehead atoms. The fourth-order valence-electron chi connectivity index (χ4n) is 1.38. The quantitative estimate of drug-likeness (QED) is 0.753. The maximum atomic E-state index is 11.5. The van der Waals surface area contributed by atoms with Crippen molar-refractivity contribution < 1.29 is 24.5 Å². The van der Waals surface area contributed by atoms with Crippen molar-refractivity contribution in [1.82, 2.24) is 4.98 Å². The summed E-state index contributed by atoms with van der Waals surface area (Å²) in [7, 11) is 0. The number of pyridine rings is 1. The van der Waals surface area contributed by atoms with Gasteiger partial charge in [0.05, 0.1) is 35.7 Å². The zero-order chi connectivity index (χ0) is 13.0. The third kappa shape index (κ3) is 2.79. The predicted octanol–water partition coefficient (Wildman–Crippen LogP) is 0.757. The van der Waals surface area contributed by atoms with E-state index in [1.807, 2.05) is 0 Å². The molecule has 0 unspecified atom stereocenters. The molecule has 0 amide bonds.